The van der Waals surface area contributed by atoms with E-state index in [1.54, 1.807) is 0 Å². The lowest BCUT2D eigenvalue weighted by Gasteiger charge is -2.21. The summed E-state index contributed by atoms with van der Waals surface area (Å²) in [4.78, 5) is 25.8. The number of amides is 3. The molecule has 6 heteroatoms. The highest BCUT2D eigenvalue weighted by molar-refractivity contribution is 8.00. The fourth-order valence-electron chi connectivity index (χ4n) is 3.94. The minimum atomic E-state index is -0.0177. The van der Waals surface area contributed by atoms with Gasteiger partial charge in [0.25, 0.3) is 0 Å². The number of hydrogen-bond donors (Lipinski definition) is 2. The average molecular weight is 340 g/mol. The number of nitrogens with zero attached hydrogens (tertiary/aromatic N) is 1. The molecule has 3 saturated heterocycles. The first-order chi connectivity index (χ1) is 11.1. The molecule has 1 unspecified atom stereocenters. The molecule has 3 fully saturated rings. The summed E-state index contributed by atoms with van der Waals surface area (Å²) >= 11 is 1.95. The van der Waals surface area contributed by atoms with Crippen molar-refractivity contribution in [3.05, 3.63) is 0 Å². The van der Waals surface area contributed by atoms with Crippen molar-refractivity contribution < 1.29 is 9.59 Å². The molecule has 0 aromatic carbocycles. The first kappa shape index (κ1) is 16.9. The van der Waals surface area contributed by atoms with Crippen LogP contribution in [0.2, 0.25) is 0 Å². The van der Waals surface area contributed by atoms with Crippen LogP contribution < -0.4 is 10.6 Å². The third-order valence-corrected chi connectivity index (χ3v) is 6.95. The Bertz CT molecular complexity index is 446. The topological polar surface area (TPSA) is 61.4 Å². The molecule has 3 heterocycles. The molecule has 23 heavy (non-hydrogen) atoms. The highest BCUT2D eigenvalue weighted by atomic mass is 32.2. The summed E-state index contributed by atoms with van der Waals surface area (Å²) in [6.45, 7) is 4.18. The van der Waals surface area contributed by atoms with Gasteiger partial charge in [0.1, 0.15) is 0 Å². The van der Waals surface area contributed by atoms with E-state index in [4.69, 9.17) is 0 Å². The van der Waals surface area contributed by atoms with Gasteiger partial charge in [0.15, 0.2) is 0 Å². The van der Waals surface area contributed by atoms with Crippen LogP contribution in [0.15, 0.2) is 0 Å². The molecule has 3 amide bonds. The summed E-state index contributed by atoms with van der Waals surface area (Å²) in [5.74, 6) is 2.11. The zero-order valence-electron chi connectivity index (χ0n) is 14.1. The van der Waals surface area contributed by atoms with Gasteiger partial charge in [0.05, 0.1) is 12.1 Å². The number of nitrogens with one attached hydrogen (secondary N) is 2. The molecule has 130 valence electrons. The first-order valence-electron chi connectivity index (χ1n) is 9.10. The fourth-order valence-corrected chi connectivity index (χ4v) is 5.48. The van der Waals surface area contributed by atoms with Crippen molar-refractivity contribution >= 4 is 23.7 Å². The van der Waals surface area contributed by atoms with Gasteiger partial charge in [-0.05, 0) is 38.0 Å². The molecule has 2 N–H and O–H groups in total. The largest absolute Gasteiger partial charge is 0.343 e. The summed E-state index contributed by atoms with van der Waals surface area (Å²) in [6, 6.07) is 0.574. The predicted molar refractivity (Wildman–Crippen MR) is 93.6 cm³/mol. The number of unbranched alkanes of at least 4 members (excludes halogenated alkanes) is 1. The van der Waals surface area contributed by atoms with Crippen molar-refractivity contribution in [2.45, 2.75) is 69.2 Å². The average Bonchev–Trinajstić information content (AvgIpc) is 2.97. The van der Waals surface area contributed by atoms with E-state index in [1.807, 2.05) is 11.8 Å². The second kappa shape index (κ2) is 7.77. The van der Waals surface area contributed by atoms with Gasteiger partial charge in [0, 0.05) is 30.5 Å². The normalized spacial score (nSPS) is 33.8. The maximum atomic E-state index is 12.3. The Morgan fingerprint density at radius 2 is 2.13 bits per heavy atom. The third-order valence-electron chi connectivity index (χ3n) is 5.44. The molecule has 0 spiro atoms. The Labute approximate surface area is 143 Å². The van der Waals surface area contributed by atoms with Gasteiger partial charge in [-0.3, -0.25) is 4.79 Å². The molecule has 0 aromatic heterocycles. The van der Waals surface area contributed by atoms with Gasteiger partial charge >= 0.3 is 6.03 Å². The molecule has 0 radical (unpaired) electrons. The molecule has 0 saturated carbocycles. The Hall–Kier alpha value is -0.910. The van der Waals surface area contributed by atoms with Crippen molar-refractivity contribution in [2.24, 2.45) is 5.92 Å². The Kier molecular flexibility index (Phi) is 5.72. The van der Waals surface area contributed by atoms with Crippen molar-refractivity contribution in [1.82, 2.24) is 15.5 Å². The van der Waals surface area contributed by atoms with E-state index in [1.165, 1.54) is 6.42 Å². The summed E-state index contributed by atoms with van der Waals surface area (Å²) < 4.78 is 0. The standard InChI is InChI=1S/C17H29N3O2S/c1-12-5-4-9-20(10-8-12)15(21)7-3-2-6-14-16-13(11-23-14)18-17(22)19-16/h12-14,16H,2-11H2,1H3,(H2,18,19,22)/t12?,13-,14-,16-/m0/s1. The number of hydrogen-bond acceptors (Lipinski definition) is 3. The van der Waals surface area contributed by atoms with Gasteiger partial charge in [-0.25, -0.2) is 4.79 Å². The van der Waals surface area contributed by atoms with E-state index >= 15 is 0 Å². The molecule has 4 atom stereocenters. The van der Waals surface area contributed by atoms with Gasteiger partial charge < -0.3 is 15.5 Å². The monoisotopic (exact) mass is 339 g/mol. The quantitative estimate of drug-likeness (QED) is 0.597. The van der Waals surface area contributed by atoms with E-state index in [-0.39, 0.29) is 12.1 Å². The third kappa shape index (κ3) is 4.34. The van der Waals surface area contributed by atoms with Crippen LogP contribution in [0.1, 0.15) is 51.9 Å². The SMILES string of the molecule is CC1CCCN(C(=O)CCCC[C@@H]2SC[C@@H]3NC(=O)N[C@@H]32)CC1. The smallest absolute Gasteiger partial charge is 0.315 e. The summed E-state index contributed by atoms with van der Waals surface area (Å²) in [6.07, 6.45) is 7.39. The Balaban J connectivity index is 1.33. The zero-order chi connectivity index (χ0) is 16.2. The van der Waals surface area contributed by atoms with E-state index in [0.717, 1.165) is 56.9 Å². The predicted octanol–water partition coefficient (Wildman–Crippen LogP) is 2.36. The van der Waals surface area contributed by atoms with Gasteiger partial charge in [-0.2, -0.15) is 11.8 Å². The number of urea groups is 1. The maximum Gasteiger partial charge on any atom is 0.315 e. The van der Waals surface area contributed by atoms with Crippen LogP contribution >= 0.6 is 11.8 Å². The van der Waals surface area contributed by atoms with Crippen LogP contribution in [0.5, 0.6) is 0 Å². The highest BCUT2D eigenvalue weighted by Gasteiger charge is 2.42. The summed E-state index contributed by atoms with van der Waals surface area (Å²) in [5, 5.41) is 6.51. The lowest BCUT2D eigenvalue weighted by molar-refractivity contribution is -0.131. The lowest BCUT2D eigenvalue weighted by Crippen LogP contribution is -2.36. The molecule has 5 nitrogen and oxygen atoms in total. The molecule has 0 bridgehead atoms. The molecular weight excluding hydrogens is 310 g/mol. The number of rotatable bonds is 5. The molecule has 3 rings (SSSR count). The van der Waals surface area contributed by atoms with E-state index in [2.05, 4.69) is 22.5 Å². The number of fused-ring (bicyclic) bond motifs is 1. The van der Waals surface area contributed by atoms with E-state index < -0.39 is 0 Å². The van der Waals surface area contributed by atoms with Crippen LogP contribution in [0.4, 0.5) is 4.79 Å². The van der Waals surface area contributed by atoms with Crippen molar-refractivity contribution in [3.8, 4) is 0 Å². The van der Waals surface area contributed by atoms with Crippen LogP contribution in [0.25, 0.3) is 0 Å². The highest BCUT2D eigenvalue weighted by Crippen LogP contribution is 2.33. The lowest BCUT2D eigenvalue weighted by atomic mass is 10.0. The Morgan fingerprint density at radius 1 is 1.26 bits per heavy atom. The van der Waals surface area contributed by atoms with Gasteiger partial charge in [-0.15, -0.1) is 0 Å². The van der Waals surface area contributed by atoms with Crippen molar-refractivity contribution in [2.75, 3.05) is 18.8 Å². The zero-order valence-corrected chi connectivity index (χ0v) is 14.9. The van der Waals surface area contributed by atoms with Crippen LogP contribution in [-0.4, -0.2) is 53.0 Å². The second-order valence-electron chi connectivity index (χ2n) is 7.28. The molecule has 0 aliphatic carbocycles. The number of thioether (sulfide) groups is 1. The Morgan fingerprint density at radius 3 is 3.00 bits per heavy atom. The van der Waals surface area contributed by atoms with E-state index in [9.17, 15) is 9.59 Å². The number of likely N-dealkylation sites (tertiary alicyclic amines) is 1. The van der Waals surface area contributed by atoms with Crippen molar-refractivity contribution in [3.63, 3.8) is 0 Å². The summed E-state index contributed by atoms with van der Waals surface area (Å²) in [7, 11) is 0. The van der Waals surface area contributed by atoms with Crippen LogP contribution in [0.3, 0.4) is 0 Å². The summed E-state index contributed by atoms with van der Waals surface area (Å²) in [5.41, 5.74) is 0. The molecule has 3 aliphatic heterocycles. The van der Waals surface area contributed by atoms with Crippen LogP contribution in [-0.2, 0) is 4.79 Å². The first-order valence-corrected chi connectivity index (χ1v) is 10.1. The van der Waals surface area contributed by atoms with Gasteiger partial charge in [0.2, 0.25) is 5.91 Å². The second-order valence-corrected chi connectivity index (χ2v) is 8.56. The minimum Gasteiger partial charge on any atom is -0.343 e. The van der Waals surface area contributed by atoms with E-state index in [0.29, 0.717) is 23.6 Å². The molecular formula is C17H29N3O2S. The fraction of sp³-hybridized carbons (Fsp3) is 0.882. The van der Waals surface area contributed by atoms with Crippen molar-refractivity contribution in [1.29, 1.82) is 0 Å². The maximum absolute atomic E-state index is 12.3. The van der Waals surface area contributed by atoms with Crippen LogP contribution in [0, 0.1) is 5.92 Å². The van der Waals surface area contributed by atoms with Gasteiger partial charge in [-0.1, -0.05) is 13.3 Å². The minimum absolute atomic E-state index is 0.0177. The number of carbonyl (C=O) groups excluding carboxylic acids is 2. The molecule has 3 aliphatic rings. The number of carbonyl (C=O) groups is 2. The molecule has 0 aromatic rings.